The van der Waals surface area contributed by atoms with Gasteiger partial charge in [-0.1, -0.05) is 0 Å². The normalized spacial score (nSPS) is 15.9. The summed E-state index contributed by atoms with van der Waals surface area (Å²) in [4.78, 5) is 11.2. The molecule has 5 nitrogen and oxygen atoms in total. The summed E-state index contributed by atoms with van der Waals surface area (Å²) >= 11 is 0. The van der Waals surface area contributed by atoms with Crippen molar-refractivity contribution in [3.63, 3.8) is 0 Å². The van der Waals surface area contributed by atoms with Crippen LogP contribution >= 0.6 is 0 Å². The van der Waals surface area contributed by atoms with Crippen molar-refractivity contribution in [1.82, 2.24) is 0 Å². The third-order valence-electron chi connectivity index (χ3n) is 3.08. The molecule has 1 saturated carbocycles. The molecule has 0 spiro atoms. The van der Waals surface area contributed by atoms with Gasteiger partial charge in [-0.25, -0.2) is 4.79 Å². The van der Waals surface area contributed by atoms with Crippen LogP contribution < -0.4 is 14.8 Å². The lowest BCUT2D eigenvalue weighted by molar-refractivity contribution is -0.138. The molecule has 0 radical (unpaired) electrons. The Bertz CT molecular complexity index is 443. The number of carboxylic acids is 1. The van der Waals surface area contributed by atoms with E-state index < -0.39 is 12.0 Å². The van der Waals surface area contributed by atoms with Gasteiger partial charge in [0.1, 0.15) is 17.5 Å². The second-order valence-electron chi connectivity index (χ2n) is 4.36. The van der Waals surface area contributed by atoms with Crippen LogP contribution in [0.15, 0.2) is 18.2 Å². The zero-order valence-corrected chi connectivity index (χ0v) is 10.5. The van der Waals surface area contributed by atoms with E-state index in [0.717, 1.165) is 12.8 Å². The molecule has 1 aromatic carbocycles. The summed E-state index contributed by atoms with van der Waals surface area (Å²) in [6.07, 6.45) is 1.92. The Labute approximate surface area is 106 Å². The second kappa shape index (κ2) is 5.16. The summed E-state index contributed by atoms with van der Waals surface area (Å²) in [5.74, 6) is 0.654. The Balaban J connectivity index is 2.19. The quantitative estimate of drug-likeness (QED) is 0.809. The van der Waals surface area contributed by atoms with Gasteiger partial charge in [-0.3, -0.25) is 0 Å². The fourth-order valence-corrected chi connectivity index (χ4v) is 1.90. The van der Waals surface area contributed by atoms with E-state index in [1.165, 1.54) is 0 Å². The van der Waals surface area contributed by atoms with Crippen molar-refractivity contribution in [3.8, 4) is 11.5 Å². The van der Waals surface area contributed by atoms with E-state index >= 15 is 0 Å². The highest BCUT2D eigenvalue weighted by Gasteiger charge is 2.36. The molecule has 2 rings (SSSR count). The van der Waals surface area contributed by atoms with Gasteiger partial charge in [-0.2, -0.15) is 0 Å². The minimum Gasteiger partial charge on any atom is -0.497 e. The van der Waals surface area contributed by atoms with Gasteiger partial charge in [0.2, 0.25) is 0 Å². The number of nitrogens with one attached hydrogen (secondary N) is 1. The van der Waals surface area contributed by atoms with Crippen LogP contribution in [0, 0.1) is 5.92 Å². The highest BCUT2D eigenvalue weighted by Crippen LogP contribution is 2.37. The van der Waals surface area contributed by atoms with Gasteiger partial charge in [-0.05, 0) is 30.9 Å². The Hall–Kier alpha value is -1.91. The number of anilines is 1. The van der Waals surface area contributed by atoms with E-state index in [4.69, 9.17) is 9.47 Å². The van der Waals surface area contributed by atoms with Crippen LogP contribution in [0.1, 0.15) is 12.8 Å². The molecule has 1 aliphatic rings. The van der Waals surface area contributed by atoms with Crippen LogP contribution in [-0.4, -0.2) is 31.3 Å². The largest absolute Gasteiger partial charge is 0.497 e. The van der Waals surface area contributed by atoms with Crippen LogP contribution in [-0.2, 0) is 4.79 Å². The van der Waals surface area contributed by atoms with Gasteiger partial charge < -0.3 is 19.9 Å². The van der Waals surface area contributed by atoms with Crippen LogP contribution in [0.4, 0.5) is 5.69 Å². The number of aliphatic carboxylic acids is 1. The summed E-state index contributed by atoms with van der Waals surface area (Å²) < 4.78 is 10.3. The van der Waals surface area contributed by atoms with Crippen LogP contribution in [0.3, 0.4) is 0 Å². The Morgan fingerprint density at radius 2 is 2.11 bits per heavy atom. The molecule has 1 fully saturated rings. The molecular formula is C13H17NO4. The number of methoxy groups -OCH3 is 2. The number of ether oxygens (including phenoxy) is 2. The molecule has 1 aliphatic carbocycles. The van der Waals surface area contributed by atoms with Crippen molar-refractivity contribution < 1.29 is 19.4 Å². The first-order chi connectivity index (χ1) is 8.65. The van der Waals surface area contributed by atoms with E-state index in [1.807, 2.05) is 0 Å². The lowest BCUT2D eigenvalue weighted by Crippen LogP contribution is -2.31. The summed E-state index contributed by atoms with van der Waals surface area (Å²) in [7, 11) is 3.12. The first-order valence-corrected chi connectivity index (χ1v) is 5.87. The first-order valence-electron chi connectivity index (χ1n) is 5.87. The molecule has 0 aromatic heterocycles. The highest BCUT2D eigenvalue weighted by atomic mass is 16.5. The smallest absolute Gasteiger partial charge is 0.326 e. The van der Waals surface area contributed by atoms with Gasteiger partial charge in [-0.15, -0.1) is 0 Å². The second-order valence-corrected chi connectivity index (χ2v) is 4.36. The van der Waals surface area contributed by atoms with Gasteiger partial charge in [0.15, 0.2) is 0 Å². The van der Waals surface area contributed by atoms with E-state index in [9.17, 15) is 9.90 Å². The van der Waals surface area contributed by atoms with Crippen molar-refractivity contribution in [2.45, 2.75) is 18.9 Å². The van der Waals surface area contributed by atoms with Crippen molar-refractivity contribution in [1.29, 1.82) is 0 Å². The third-order valence-corrected chi connectivity index (χ3v) is 3.08. The fraction of sp³-hybridized carbons (Fsp3) is 0.462. The van der Waals surface area contributed by atoms with Crippen molar-refractivity contribution in [2.75, 3.05) is 19.5 Å². The topological polar surface area (TPSA) is 67.8 Å². The summed E-state index contributed by atoms with van der Waals surface area (Å²) in [6.45, 7) is 0. The molecule has 5 heteroatoms. The number of benzene rings is 1. The van der Waals surface area contributed by atoms with E-state index in [1.54, 1.807) is 32.4 Å². The molecule has 0 amide bonds. The van der Waals surface area contributed by atoms with Gasteiger partial charge in [0, 0.05) is 6.07 Å². The van der Waals surface area contributed by atoms with Crippen molar-refractivity contribution in [3.05, 3.63) is 18.2 Å². The number of rotatable bonds is 6. The maximum absolute atomic E-state index is 11.2. The Morgan fingerprint density at radius 3 is 2.61 bits per heavy atom. The Morgan fingerprint density at radius 1 is 1.39 bits per heavy atom. The average Bonchev–Trinajstić information content (AvgIpc) is 3.19. The van der Waals surface area contributed by atoms with E-state index in [-0.39, 0.29) is 5.92 Å². The molecule has 1 unspecified atom stereocenters. The third kappa shape index (κ3) is 2.67. The summed E-state index contributed by atoms with van der Waals surface area (Å²) in [6, 6.07) is 4.73. The predicted molar refractivity (Wildman–Crippen MR) is 67.3 cm³/mol. The van der Waals surface area contributed by atoms with Crippen LogP contribution in [0.5, 0.6) is 11.5 Å². The molecule has 98 valence electrons. The van der Waals surface area contributed by atoms with E-state index in [2.05, 4.69) is 5.32 Å². The molecule has 0 heterocycles. The highest BCUT2D eigenvalue weighted by molar-refractivity contribution is 5.79. The Kier molecular flexibility index (Phi) is 3.60. The number of carboxylic acid groups (broad SMARTS) is 1. The predicted octanol–water partition coefficient (Wildman–Crippen LogP) is 1.98. The van der Waals surface area contributed by atoms with Crippen LogP contribution in [0.2, 0.25) is 0 Å². The molecule has 0 saturated heterocycles. The number of carbonyl (C=O) groups is 1. The zero-order chi connectivity index (χ0) is 13.1. The van der Waals surface area contributed by atoms with E-state index in [0.29, 0.717) is 17.2 Å². The van der Waals surface area contributed by atoms with Gasteiger partial charge in [0.05, 0.1) is 19.9 Å². The molecule has 18 heavy (non-hydrogen) atoms. The first kappa shape index (κ1) is 12.5. The monoisotopic (exact) mass is 251 g/mol. The van der Waals surface area contributed by atoms with Crippen molar-refractivity contribution >= 4 is 11.7 Å². The minimum absolute atomic E-state index is 0.217. The number of hydrogen-bond acceptors (Lipinski definition) is 4. The van der Waals surface area contributed by atoms with Gasteiger partial charge in [0.25, 0.3) is 0 Å². The standard InChI is InChI=1S/C13H17NO4/c1-17-9-5-6-10(11(7-9)18-2)14-12(13(15)16)8-3-4-8/h5-8,12,14H,3-4H2,1-2H3,(H,15,16). The maximum atomic E-state index is 11.2. The SMILES string of the molecule is COc1ccc(NC(C(=O)O)C2CC2)c(OC)c1. The minimum atomic E-state index is -0.824. The molecular weight excluding hydrogens is 234 g/mol. The molecule has 1 aromatic rings. The molecule has 1 atom stereocenters. The average molecular weight is 251 g/mol. The van der Waals surface area contributed by atoms with Crippen molar-refractivity contribution in [2.24, 2.45) is 5.92 Å². The molecule has 0 bridgehead atoms. The lowest BCUT2D eigenvalue weighted by Gasteiger charge is -2.17. The van der Waals surface area contributed by atoms with Crippen LogP contribution in [0.25, 0.3) is 0 Å². The summed E-state index contributed by atoms with van der Waals surface area (Å²) in [5.41, 5.74) is 0.678. The molecule has 0 aliphatic heterocycles. The maximum Gasteiger partial charge on any atom is 0.326 e. The number of hydrogen-bond donors (Lipinski definition) is 2. The molecule has 2 N–H and O–H groups in total. The zero-order valence-electron chi connectivity index (χ0n) is 10.5. The lowest BCUT2D eigenvalue weighted by atomic mass is 10.1. The fourth-order valence-electron chi connectivity index (χ4n) is 1.90. The summed E-state index contributed by atoms with van der Waals surface area (Å²) in [5, 5.41) is 12.2. The van der Waals surface area contributed by atoms with Gasteiger partial charge >= 0.3 is 5.97 Å².